The van der Waals surface area contributed by atoms with Gasteiger partial charge in [0.2, 0.25) is 0 Å². The summed E-state index contributed by atoms with van der Waals surface area (Å²) >= 11 is 0. The Bertz CT molecular complexity index is 377. The highest BCUT2D eigenvalue weighted by molar-refractivity contribution is 5.30. The van der Waals surface area contributed by atoms with Crippen LogP contribution in [-0.2, 0) is 5.41 Å². The molecule has 0 aromatic heterocycles. The van der Waals surface area contributed by atoms with Gasteiger partial charge in [-0.15, -0.1) is 0 Å². The summed E-state index contributed by atoms with van der Waals surface area (Å²) < 4.78 is 14.1. The van der Waals surface area contributed by atoms with Gasteiger partial charge in [0.1, 0.15) is 5.82 Å². The molecular weight excluding hydrogens is 213 g/mol. The third-order valence-electron chi connectivity index (χ3n) is 4.30. The smallest absolute Gasteiger partial charge is 0.127 e. The van der Waals surface area contributed by atoms with Gasteiger partial charge in [0.25, 0.3) is 0 Å². The third kappa shape index (κ3) is 2.23. The normalized spacial score (nSPS) is 28.5. The standard InChI is InChI=1S/C15H22FN/c1-3-17-11-15(10-6-7-12(15)2)13-8-4-5-9-14(13)16/h4-5,8-9,12,17H,3,6-7,10-11H2,1-2H3. The number of likely N-dealkylation sites (N-methyl/N-ethyl adjacent to an activating group) is 1. The molecule has 0 saturated heterocycles. The third-order valence-corrected chi connectivity index (χ3v) is 4.30. The molecule has 1 nitrogen and oxygen atoms in total. The van der Waals surface area contributed by atoms with Crippen LogP contribution in [0.2, 0.25) is 0 Å². The molecule has 0 radical (unpaired) electrons. The van der Waals surface area contributed by atoms with Crippen molar-refractivity contribution in [2.75, 3.05) is 13.1 Å². The number of rotatable bonds is 4. The van der Waals surface area contributed by atoms with E-state index in [1.807, 2.05) is 12.1 Å². The van der Waals surface area contributed by atoms with Crippen molar-refractivity contribution >= 4 is 0 Å². The number of halogens is 1. The molecule has 17 heavy (non-hydrogen) atoms. The average Bonchev–Trinajstić information content (AvgIpc) is 2.70. The van der Waals surface area contributed by atoms with Crippen LogP contribution in [0.3, 0.4) is 0 Å². The molecule has 0 heterocycles. The van der Waals surface area contributed by atoms with E-state index in [0.29, 0.717) is 5.92 Å². The number of hydrogen-bond donors (Lipinski definition) is 1. The zero-order chi connectivity index (χ0) is 12.3. The van der Waals surface area contributed by atoms with E-state index in [1.165, 1.54) is 12.8 Å². The molecule has 1 aromatic rings. The maximum absolute atomic E-state index is 14.1. The summed E-state index contributed by atoms with van der Waals surface area (Å²) in [7, 11) is 0. The summed E-state index contributed by atoms with van der Waals surface area (Å²) in [5, 5.41) is 3.42. The molecule has 0 spiro atoms. The van der Waals surface area contributed by atoms with E-state index < -0.39 is 0 Å². The molecule has 0 bridgehead atoms. The minimum Gasteiger partial charge on any atom is -0.316 e. The molecule has 1 aliphatic carbocycles. The molecule has 94 valence electrons. The van der Waals surface area contributed by atoms with Crippen molar-refractivity contribution in [3.05, 3.63) is 35.6 Å². The molecule has 2 rings (SSSR count). The van der Waals surface area contributed by atoms with Crippen molar-refractivity contribution in [2.45, 2.75) is 38.5 Å². The molecule has 0 amide bonds. The number of benzene rings is 1. The van der Waals surface area contributed by atoms with Gasteiger partial charge in [-0.05, 0) is 36.9 Å². The maximum atomic E-state index is 14.1. The van der Waals surface area contributed by atoms with Gasteiger partial charge in [-0.1, -0.05) is 38.5 Å². The Morgan fingerprint density at radius 2 is 2.18 bits per heavy atom. The lowest BCUT2D eigenvalue weighted by Crippen LogP contribution is -2.41. The first-order valence-corrected chi connectivity index (χ1v) is 6.66. The summed E-state index contributed by atoms with van der Waals surface area (Å²) in [6.45, 7) is 6.21. The van der Waals surface area contributed by atoms with E-state index in [2.05, 4.69) is 19.2 Å². The monoisotopic (exact) mass is 235 g/mol. The summed E-state index contributed by atoms with van der Waals surface area (Å²) in [5.74, 6) is 0.512. The number of nitrogens with one attached hydrogen (secondary N) is 1. The van der Waals surface area contributed by atoms with Crippen LogP contribution in [0.1, 0.15) is 38.7 Å². The van der Waals surface area contributed by atoms with Crippen LogP contribution in [0.25, 0.3) is 0 Å². The molecule has 2 atom stereocenters. The minimum atomic E-state index is -0.0425. The molecule has 1 aromatic carbocycles. The first-order chi connectivity index (χ1) is 8.20. The highest BCUT2D eigenvalue weighted by Gasteiger charge is 2.42. The second-order valence-electron chi connectivity index (χ2n) is 5.21. The lowest BCUT2D eigenvalue weighted by molar-refractivity contribution is 0.309. The van der Waals surface area contributed by atoms with E-state index in [0.717, 1.165) is 25.1 Å². The van der Waals surface area contributed by atoms with E-state index in [1.54, 1.807) is 12.1 Å². The fourth-order valence-electron chi connectivity index (χ4n) is 3.22. The predicted molar refractivity (Wildman–Crippen MR) is 69.6 cm³/mol. The van der Waals surface area contributed by atoms with Crippen LogP contribution in [0, 0.1) is 11.7 Å². The Morgan fingerprint density at radius 3 is 2.76 bits per heavy atom. The Kier molecular flexibility index (Phi) is 3.82. The number of hydrogen-bond acceptors (Lipinski definition) is 1. The van der Waals surface area contributed by atoms with Crippen molar-refractivity contribution in [1.82, 2.24) is 5.32 Å². The van der Waals surface area contributed by atoms with Gasteiger partial charge in [0.05, 0.1) is 0 Å². The molecule has 1 N–H and O–H groups in total. The molecular formula is C15H22FN. The van der Waals surface area contributed by atoms with Crippen LogP contribution >= 0.6 is 0 Å². The Hall–Kier alpha value is -0.890. The van der Waals surface area contributed by atoms with Crippen molar-refractivity contribution in [3.8, 4) is 0 Å². The average molecular weight is 235 g/mol. The van der Waals surface area contributed by atoms with Crippen molar-refractivity contribution in [3.63, 3.8) is 0 Å². The molecule has 0 aliphatic heterocycles. The predicted octanol–water partition coefficient (Wildman–Crippen LogP) is 3.49. The van der Waals surface area contributed by atoms with Crippen molar-refractivity contribution in [1.29, 1.82) is 0 Å². The molecule has 1 saturated carbocycles. The first-order valence-electron chi connectivity index (χ1n) is 6.66. The molecule has 1 aliphatic rings. The SMILES string of the molecule is CCNCC1(c2ccccc2F)CCCC1C. The van der Waals surface area contributed by atoms with Gasteiger partial charge in [0.15, 0.2) is 0 Å². The van der Waals surface area contributed by atoms with Gasteiger partial charge in [0, 0.05) is 12.0 Å². The van der Waals surface area contributed by atoms with Crippen LogP contribution in [0.5, 0.6) is 0 Å². The quantitative estimate of drug-likeness (QED) is 0.842. The van der Waals surface area contributed by atoms with E-state index in [9.17, 15) is 4.39 Å². The van der Waals surface area contributed by atoms with Crippen LogP contribution in [0.4, 0.5) is 4.39 Å². The zero-order valence-electron chi connectivity index (χ0n) is 10.8. The van der Waals surface area contributed by atoms with E-state index >= 15 is 0 Å². The molecule has 2 heteroatoms. The van der Waals surface area contributed by atoms with Gasteiger partial charge in [-0.3, -0.25) is 0 Å². The fourth-order valence-corrected chi connectivity index (χ4v) is 3.22. The van der Waals surface area contributed by atoms with Crippen molar-refractivity contribution < 1.29 is 4.39 Å². The van der Waals surface area contributed by atoms with Crippen LogP contribution < -0.4 is 5.32 Å². The molecule has 2 unspecified atom stereocenters. The van der Waals surface area contributed by atoms with E-state index in [4.69, 9.17) is 0 Å². The first kappa shape index (κ1) is 12.6. The highest BCUT2D eigenvalue weighted by Crippen LogP contribution is 2.45. The Balaban J connectivity index is 2.36. The fraction of sp³-hybridized carbons (Fsp3) is 0.600. The lowest BCUT2D eigenvalue weighted by atomic mass is 9.72. The van der Waals surface area contributed by atoms with E-state index in [-0.39, 0.29) is 11.2 Å². The van der Waals surface area contributed by atoms with Crippen molar-refractivity contribution in [2.24, 2.45) is 5.92 Å². The summed E-state index contributed by atoms with van der Waals surface area (Å²) in [6.07, 6.45) is 3.52. The Labute approximate surface area is 103 Å². The second-order valence-corrected chi connectivity index (χ2v) is 5.21. The second kappa shape index (κ2) is 5.18. The lowest BCUT2D eigenvalue weighted by Gasteiger charge is -2.35. The summed E-state index contributed by atoms with van der Waals surface area (Å²) in [4.78, 5) is 0. The highest BCUT2D eigenvalue weighted by atomic mass is 19.1. The van der Waals surface area contributed by atoms with Gasteiger partial charge in [-0.2, -0.15) is 0 Å². The minimum absolute atomic E-state index is 0.00134. The summed E-state index contributed by atoms with van der Waals surface area (Å²) in [6, 6.07) is 7.29. The summed E-state index contributed by atoms with van der Waals surface area (Å²) in [5.41, 5.74) is 0.910. The van der Waals surface area contributed by atoms with Crippen LogP contribution in [-0.4, -0.2) is 13.1 Å². The van der Waals surface area contributed by atoms with Gasteiger partial charge in [-0.25, -0.2) is 4.39 Å². The van der Waals surface area contributed by atoms with Crippen LogP contribution in [0.15, 0.2) is 24.3 Å². The Morgan fingerprint density at radius 1 is 1.41 bits per heavy atom. The molecule has 1 fully saturated rings. The topological polar surface area (TPSA) is 12.0 Å². The maximum Gasteiger partial charge on any atom is 0.127 e. The van der Waals surface area contributed by atoms with Gasteiger partial charge < -0.3 is 5.32 Å². The largest absolute Gasteiger partial charge is 0.316 e. The van der Waals surface area contributed by atoms with Gasteiger partial charge >= 0.3 is 0 Å². The zero-order valence-corrected chi connectivity index (χ0v) is 10.8.